The molecule has 0 aromatic heterocycles. The van der Waals surface area contributed by atoms with Gasteiger partial charge in [-0.15, -0.1) is 0 Å². The van der Waals surface area contributed by atoms with Crippen molar-refractivity contribution in [1.29, 1.82) is 0 Å². The second-order valence-corrected chi connectivity index (χ2v) is 4.26. The van der Waals surface area contributed by atoms with Crippen molar-refractivity contribution < 1.29 is 19.4 Å². The molecule has 1 rings (SSSR count). The molecule has 98 valence electrons. The van der Waals surface area contributed by atoms with Crippen LogP contribution >= 0.6 is 0 Å². The first-order valence-corrected chi connectivity index (χ1v) is 5.82. The summed E-state index contributed by atoms with van der Waals surface area (Å²) in [5.74, 6) is -0.751. The molecule has 1 atom stereocenters. The molecule has 0 saturated carbocycles. The Morgan fingerprint density at radius 3 is 2.82 bits per heavy atom. The first-order chi connectivity index (χ1) is 8.13. The standard InChI is InChI=1S/C11H20N2O4/c1-17-5-4-13(8-11(15)16)10(14)6-9-2-3-12-7-9/h9,12H,2-8H2,1H3,(H,15,16). The molecule has 0 aromatic carbocycles. The third kappa shape index (κ3) is 5.14. The van der Waals surface area contributed by atoms with Gasteiger partial charge in [0.1, 0.15) is 6.54 Å². The second kappa shape index (κ2) is 7.24. The molecule has 0 aliphatic carbocycles. The van der Waals surface area contributed by atoms with Gasteiger partial charge in [-0.2, -0.15) is 0 Å². The van der Waals surface area contributed by atoms with Gasteiger partial charge < -0.3 is 20.1 Å². The van der Waals surface area contributed by atoms with Crippen molar-refractivity contribution in [3.8, 4) is 0 Å². The number of nitrogens with zero attached hydrogens (tertiary/aromatic N) is 1. The molecule has 1 aliphatic rings. The molecule has 1 amide bonds. The normalized spacial score (nSPS) is 19.2. The predicted octanol–water partition coefficient (Wildman–Crippen LogP) is -0.454. The number of carbonyl (C=O) groups is 2. The van der Waals surface area contributed by atoms with Crippen molar-refractivity contribution in [1.82, 2.24) is 10.2 Å². The first kappa shape index (κ1) is 13.9. The summed E-state index contributed by atoms with van der Waals surface area (Å²) in [6.07, 6.45) is 1.40. The molecular weight excluding hydrogens is 224 g/mol. The fourth-order valence-corrected chi connectivity index (χ4v) is 1.92. The van der Waals surface area contributed by atoms with E-state index in [9.17, 15) is 9.59 Å². The van der Waals surface area contributed by atoms with Gasteiger partial charge >= 0.3 is 5.97 Å². The smallest absolute Gasteiger partial charge is 0.323 e. The highest BCUT2D eigenvalue weighted by Crippen LogP contribution is 2.13. The Morgan fingerprint density at radius 2 is 2.29 bits per heavy atom. The minimum atomic E-state index is -0.987. The van der Waals surface area contributed by atoms with E-state index >= 15 is 0 Å². The summed E-state index contributed by atoms with van der Waals surface area (Å²) in [5, 5.41) is 11.9. The van der Waals surface area contributed by atoms with Crippen LogP contribution in [0.1, 0.15) is 12.8 Å². The zero-order valence-corrected chi connectivity index (χ0v) is 10.1. The van der Waals surface area contributed by atoms with Gasteiger partial charge in [0.2, 0.25) is 5.91 Å². The molecule has 0 radical (unpaired) electrons. The lowest BCUT2D eigenvalue weighted by Gasteiger charge is -2.21. The summed E-state index contributed by atoms with van der Waals surface area (Å²) < 4.78 is 4.87. The minimum Gasteiger partial charge on any atom is -0.480 e. The third-order valence-corrected chi connectivity index (χ3v) is 2.87. The van der Waals surface area contributed by atoms with E-state index in [1.807, 2.05) is 0 Å². The quantitative estimate of drug-likeness (QED) is 0.634. The zero-order chi connectivity index (χ0) is 12.7. The largest absolute Gasteiger partial charge is 0.480 e. The second-order valence-electron chi connectivity index (χ2n) is 4.26. The Morgan fingerprint density at radius 1 is 1.53 bits per heavy atom. The van der Waals surface area contributed by atoms with Gasteiger partial charge in [0.05, 0.1) is 6.61 Å². The lowest BCUT2D eigenvalue weighted by Crippen LogP contribution is -2.39. The molecule has 2 N–H and O–H groups in total. The number of carboxylic acid groups (broad SMARTS) is 1. The van der Waals surface area contributed by atoms with E-state index in [2.05, 4.69) is 5.32 Å². The lowest BCUT2D eigenvalue weighted by atomic mass is 10.0. The topological polar surface area (TPSA) is 78.9 Å². The molecule has 0 bridgehead atoms. The number of hydrogen-bond acceptors (Lipinski definition) is 4. The SMILES string of the molecule is COCCN(CC(=O)O)C(=O)CC1CCNC1. The molecule has 6 nitrogen and oxygen atoms in total. The van der Waals surface area contributed by atoms with Crippen LogP contribution in [0.4, 0.5) is 0 Å². The maximum Gasteiger partial charge on any atom is 0.323 e. The fourth-order valence-electron chi connectivity index (χ4n) is 1.92. The number of aliphatic carboxylic acids is 1. The Balaban J connectivity index is 2.42. The summed E-state index contributed by atoms with van der Waals surface area (Å²) >= 11 is 0. The summed E-state index contributed by atoms with van der Waals surface area (Å²) in [7, 11) is 1.53. The number of ether oxygens (including phenoxy) is 1. The monoisotopic (exact) mass is 244 g/mol. The predicted molar refractivity (Wildman–Crippen MR) is 61.7 cm³/mol. The molecule has 1 saturated heterocycles. The van der Waals surface area contributed by atoms with E-state index in [1.165, 1.54) is 12.0 Å². The molecule has 1 unspecified atom stereocenters. The molecule has 0 aromatic rings. The van der Waals surface area contributed by atoms with Gasteiger partial charge in [0, 0.05) is 20.1 Å². The number of rotatable bonds is 7. The molecular formula is C11H20N2O4. The van der Waals surface area contributed by atoms with Gasteiger partial charge in [-0.05, 0) is 25.4 Å². The summed E-state index contributed by atoms with van der Waals surface area (Å²) in [6, 6.07) is 0. The van der Waals surface area contributed by atoms with Crippen LogP contribution in [0.3, 0.4) is 0 Å². The fraction of sp³-hybridized carbons (Fsp3) is 0.818. The highest BCUT2D eigenvalue weighted by atomic mass is 16.5. The Hall–Kier alpha value is -1.14. The van der Waals surface area contributed by atoms with Gasteiger partial charge in [-0.1, -0.05) is 0 Å². The summed E-state index contributed by atoms with van der Waals surface area (Å²) in [6.45, 7) is 2.23. The van der Waals surface area contributed by atoms with Crippen LogP contribution in [0.2, 0.25) is 0 Å². The highest BCUT2D eigenvalue weighted by Gasteiger charge is 2.22. The third-order valence-electron chi connectivity index (χ3n) is 2.87. The van der Waals surface area contributed by atoms with E-state index in [0.29, 0.717) is 25.5 Å². The average Bonchev–Trinajstić information content (AvgIpc) is 2.76. The van der Waals surface area contributed by atoms with Crippen LogP contribution in [0.5, 0.6) is 0 Å². The van der Waals surface area contributed by atoms with E-state index in [1.54, 1.807) is 0 Å². The van der Waals surface area contributed by atoms with Crippen molar-refractivity contribution >= 4 is 11.9 Å². The minimum absolute atomic E-state index is 0.0989. The Labute approximate surface area is 101 Å². The van der Waals surface area contributed by atoms with Crippen LogP contribution in [-0.2, 0) is 14.3 Å². The van der Waals surface area contributed by atoms with E-state index in [4.69, 9.17) is 9.84 Å². The van der Waals surface area contributed by atoms with Gasteiger partial charge in [0.25, 0.3) is 0 Å². The van der Waals surface area contributed by atoms with Crippen LogP contribution in [0.25, 0.3) is 0 Å². The van der Waals surface area contributed by atoms with Gasteiger partial charge in [-0.3, -0.25) is 9.59 Å². The van der Waals surface area contributed by atoms with Crippen molar-refractivity contribution in [2.75, 3.05) is 39.9 Å². The van der Waals surface area contributed by atoms with Crippen molar-refractivity contribution in [3.63, 3.8) is 0 Å². The number of carboxylic acids is 1. The zero-order valence-electron chi connectivity index (χ0n) is 10.1. The maximum absolute atomic E-state index is 11.9. The maximum atomic E-state index is 11.9. The summed E-state index contributed by atoms with van der Waals surface area (Å²) in [4.78, 5) is 23.9. The number of nitrogens with one attached hydrogen (secondary N) is 1. The highest BCUT2D eigenvalue weighted by molar-refractivity contribution is 5.81. The van der Waals surface area contributed by atoms with Crippen LogP contribution in [-0.4, -0.2) is 61.8 Å². The van der Waals surface area contributed by atoms with Crippen molar-refractivity contribution in [2.24, 2.45) is 5.92 Å². The number of hydrogen-bond donors (Lipinski definition) is 2. The Kier molecular flexibility index (Phi) is 5.93. The molecule has 1 aliphatic heterocycles. The lowest BCUT2D eigenvalue weighted by molar-refractivity contribution is -0.145. The molecule has 17 heavy (non-hydrogen) atoms. The van der Waals surface area contributed by atoms with E-state index in [-0.39, 0.29) is 12.5 Å². The number of carbonyl (C=O) groups excluding carboxylic acids is 1. The molecule has 1 heterocycles. The van der Waals surface area contributed by atoms with E-state index in [0.717, 1.165) is 19.5 Å². The van der Waals surface area contributed by atoms with Crippen LogP contribution in [0.15, 0.2) is 0 Å². The molecule has 1 fully saturated rings. The molecule has 6 heteroatoms. The van der Waals surface area contributed by atoms with Crippen LogP contribution < -0.4 is 5.32 Å². The number of amides is 1. The molecule has 0 spiro atoms. The average molecular weight is 244 g/mol. The van der Waals surface area contributed by atoms with Crippen molar-refractivity contribution in [3.05, 3.63) is 0 Å². The summed E-state index contributed by atoms with van der Waals surface area (Å²) in [5.41, 5.74) is 0. The van der Waals surface area contributed by atoms with Gasteiger partial charge in [-0.25, -0.2) is 0 Å². The number of methoxy groups -OCH3 is 1. The van der Waals surface area contributed by atoms with Gasteiger partial charge in [0.15, 0.2) is 0 Å². The van der Waals surface area contributed by atoms with Crippen LogP contribution in [0, 0.1) is 5.92 Å². The Bertz CT molecular complexity index is 264. The first-order valence-electron chi connectivity index (χ1n) is 5.82. The van der Waals surface area contributed by atoms with E-state index < -0.39 is 5.97 Å². The van der Waals surface area contributed by atoms with Crippen molar-refractivity contribution in [2.45, 2.75) is 12.8 Å².